The molecule has 0 aliphatic carbocycles. The highest BCUT2D eigenvalue weighted by atomic mass is 31.2. The highest BCUT2D eigenvalue weighted by molar-refractivity contribution is 7.54. The van der Waals surface area contributed by atoms with Crippen LogP contribution in [-0.2, 0) is 25.0 Å². The Labute approximate surface area is 136 Å². The van der Waals surface area contributed by atoms with Crippen LogP contribution in [0, 0.1) is 0 Å². The molecule has 1 aromatic rings. The van der Waals surface area contributed by atoms with E-state index in [1.54, 1.807) is 13.8 Å². The van der Waals surface area contributed by atoms with Crippen LogP contribution in [0.1, 0.15) is 25.8 Å². The Morgan fingerprint density at radius 1 is 1.22 bits per heavy atom. The highest BCUT2D eigenvalue weighted by Crippen LogP contribution is 2.52. The fraction of sp³-hybridized carbons (Fsp3) is 0.533. The van der Waals surface area contributed by atoms with Gasteiger partial charge in [-0.15, -0.1) is 0 Å². The third-order valence-corrected chi connectivity index (χ3v) is 5.09. The highest BCUT2D eigenvalue weighted by Gasteiger charge is 2.33. The van der Waals surface area contributed by atoms with E-state index in [-0.39, 0.29) is 32.8 Å². The van der Waals surface area contributed by atoms with Gasteiger partial charge in [0.15, 0.2) is 5.85 Å². The lowest BCUT2D eigenvalue weighted by Gasteiger charge is -2.22. The maximum atomic E-state index is 12.3. The first-order chi connectivity index (χ1) is 11.0. The van der Waals surface area contributed by atoms with Crippen molar-refractivity contribution in [2.75, 3.05) is 19.8 Å². The van der Waals surface area contributed by atoms with Gasteiger partial charge in [0.1, 0.15) is 6.61 Å². The normalized spacial score (nSPS) is 12.7. The molecular weight excluding hydrogens is 321 g/mol. The first-order valence-electron chi connectivity index (χ1n) is 7.53. The van der Waals surface area contributed by atoms with Gasteiger partial charge in [-0.3, -0.25) is 4.57 Å². The van der Waals surface area contributed by atoms with E-state index < -0.39 is 19.5 Å². The van der Waals surface area contributed by atoms with Crippen LogP contribution in [0.2, 0.25) is 0 Å². The summed E-state index contributed by atoms with van der Waals surface area (Å²) in [6.07, 6.45) is -0.568. The van der Waals surface area contributed by atoms with Crippen LogP contribution < -0.4 is 5.32 Å². The number of rotatable bonds is 10. The zero-order chi connectivity index (χ0) is 17.1. The van der Waals surface area contributed by atoms with Crippen LogP contribution >= 0.6 is 7.60 Å². The molecule has 23 heavy (non-hydrogen) atoms. The minimum Gasteiger partial charge on any atom is -0.445 e. The number of carbonyl (C=O) groups excluding carboxylic acids is 1. The number of amides is 1. The molecule has 0 saturated heterocycles. The number of hydrogen-bond donors (Lipinski definition) is 2. The number of alkyl carbamates (subject to hydrolysis) is 1. The van der Waals surface area contributed by atoms with E-state index >= 15 is 0 Å². The first-order valence-corrected chi connectivity index (χ1v) is 9.14. The van der Waals surface area contributed by atoms with Crippen molar-refractivity contribution in [2.24, 2.45) is 0 Å². The van der Waals surface area contributed by atoms with Crippen LogP contribution in [0.5, 0.6) is 0 Å². The Morgan fingerprint density at radius 2 is 1.83 bits per heavy atom. The van der Waals surface area contributed by atoms with Crippen LogP contribution in [0.4, 0.5) is 4.79 Å². The van der Waals surface area contributed by atoms with E-state index in [4.69, 9.17) is 13.8 Å². The fourth-order valence-electron chi connectivity index (χ4n) is 1.80. The quantitative estimate of drug-likeness (QED) is 0.633. The summed E-state index contributed by atoms with van der Waals surface area (Å²) in [6.45, 7) is 3.92. The van der Waals surface area contributed by atoms with Crippen LogP contribution in [0.3, 0.4) is 0 Å². The summed E-state index contributed by atoms with van der Waals surface area (Å²) in [6, 6.07) is 9.27. The van der Waals surface area contributed by atoms with E-state index in [1.165, 1.54) is 0 Å². The summed E-state index contributed by atoms with van der Waals surface area (Å²) in [5, 5.41) is 12.4. The van der Waals surface area contributed by atoms with Gasteiger partial charge in [0.25, 0.3) is 0 Å². The van der Waals surface area contributed by atoms with Gasteiger partial charge in [-0.2, -0.15) is 0 Å². The van der Waals surface area contributed by atoms with Crippen molar-refractivity contribution in [1.29, 1.82) is 0 Å². The van der Waals surface area contributed by atoms with E-state index in [1.807, 2.05) is 30.3 Å². The second kappa shape index (κ2) is 10.4. The van der Waals surface area contributed by atoms with Crippen molar-refractivity contribution in [3.63, 3.8) is 0 Å². The predicted octanol–water partition coefficient (Wildman–Crippen LogP) is 2.89. The van der Waals surface area contributed by atoms with Gasteiger partial charge in [-0.25, -0.2) is 4.79 Å². The summed E-state index contributed by atoms with van der Waals surface area (Å²) in [5.74, 6) is -1.29. The Morgan fingerprint density at radius 3 is 2.39 bits per heavy atom. The van der Waals surface area contributed by atoms with Crippen LogP contribution in [0.25, 0.3) is 0 Å². The summed E-state index contributed by atoms with van der Waals surface area (Å²) in [5.41, 5.74) is 0.875. The van der Waals surface area contributed by atoms with E-state index in [0.29, 0.717) is 0 Å². The Balaban J connectivity index is 2.31. The molecule has 1 atom stereocenters. The smallest absolute Gasteiger partial charge is 0.407 e. The molecule has 0 spiro atoms. The number of nitrogens with one attached hydrogen (secondary N) is 1. The molecule has 0 bridgehead atoms. The van der Waals surface area contributed by atoms with Gasteiger partial charge in [0.2, 0.25) is 0 Å². The van der Waals surface area contributed by atoms with Crippen molar-refractivity contribution >= 4 is 13.7 Å². The Kier molecular flexibility index (Phi) is 8.87. The zero-order valence-electron chi connectivity index (χ0n) is 13.4. The number of benzene rings is 1. The lowest BCUT2D eigenvalue weighted by atomic mass is 10.2. The number of aliphatic hydroxyl groups is 1. The lowest BCUT2D eigenvalue weighted by Crippen LogP contribution is -2.28. The molecule has 0 heterocycles. The van der Waals surface area contributed by atoms with Crippen molar-refractivity contribution in [3.8, 4) is 0 Å². The van der Waals surface area contributed by atoms with Gasteiger partial charge in [-0.1, -0.05) is 30.3 Å². The lowest BCUT2D eigenvalue weighted by molar-refractivity contribution is 0.131. The second-order valence-corrected chi connectivity index (χ2v) is 6.83. The minimum atomic E-state index is -3.57. The molecule has 1 aromatic carbocycles. The van der Waals surface area contributed by atoms with Gasteiger partial charge < -0.3 is 24.2 Å². The van der Waals surface area contributed by atoms with Crippen molar-refractivity contribution in [3.05, 3.63) is 35.9 Å². The van der Waals surface area contributed by atoms with Crippen molar-refractivity contribution in [2.45, 2.75) is 32.7 Å². The van der Waals surface area contributed by atoms with Gasteiger partial charge in [0, 0.05) is 13.0 Å². The third kappa shape index (κ3) is 7.14. The van der Waals surface area contributed by atoms with Crippen molar-refractivity contribution < 1.29 is 28.3 Å². The van der Waals surface area contributed by atoms with E-state index in [2.05, 4.69) is 5.32 Å². The first kappa shape index (κ1) is 19.6. The summed E-state index contributed by atoms with van der Waals surface area (Å²) < 4.78 is 27.4. The molecule has 1 rings (SSSR count). The van der Waals surface area contributed by atoms with Gasteiger partial charge in [0.05, 0.1) is 13.2 Å². The summed E-state index contributed by atoms with van der Waals surface area (Å²) >= 11 is 0. The standard InChI is InChI=1S/C15H24NO6P/c1-3-21-23(19,22-4-2)14(17)10-11-16-15(18)20-12-13-8-6-5-7-9-13/h5-9,14,17H,3-4,10-12H2,1-2H3,(H,16,18)/t14-/m1/s1. The van der Waals surface area contributed by atoms with Crippen LogP contribution in [-0.4, -0.2) is 36.8 Å². The molecular formula is C15H24NO6P. The maximum Gasteiger partial charge on any atom is 0.407 e. The summed E-state index contributed by atoms with van der Waals surface area (Å²) in [4.78, 5) is 11.6. The molecule has 130 valence electrons. The molecule has 0 saturated carbocycles. The predicted molar refractivity (Wildman–Crippen MR) is 86.1 cm³/mol. The number of carbonyl (C=O) groups is 1. The van der Waals surface area contributed by atoms with Crippen LogP contribution in [0.15, 0.2) is 30.3 Å². The number of ether oxygens (including phenoxy) is 1. The molecule has 0 aliphatic rings. The monoisotopic (exact) mass is 345 g/mol. The molecule has 8 heteroatoms. The van der Waals surface area contributed by atoms with E-state index in [0.717, 1.165) is 5.56 Å². The maximum absolute atomic E-state index is 12.3. The second-order valence-electron chi connectivity index (χ2n) is 4.63. The Hall–Kier alpha value is -1.40. The number of hydrogen-bond acceptors (Lipinski definition) is 6. The average Bonchev–Trinajstić information content (AvgIpc) is 2.54. The third-order valence-electron chi connectivity index (χ3n) is 2.87. The fourth-order valence-corrected chi connectivity index (χ4v) is 3.39. The molecule has 0 fully saturated rings. The zero-order valence-corrected chi connectivity index (χ0v) is 14.3. The SMILES string of the molecule is CCOP(=O)(OCC)[C@@H](O)CCNC(=O)OCc1ccccc1. The van der Waals surface area contributed by atoms with E-state index in [9.17, 15) is 14.5 Å². The summed E-state index contributed by atoms with van der Waals surface area (Å²) in [7, 11) is -3.57. The molecule has 0 aromatic heterocycles. The van der Waals surface area contributed by atoms with Crippen molar-refractivity contribution in [1.82, 2.24) is 5.32 Å². The Bertz CT molecular complexity index is 500. The largest absolute Gasteiger partial charge is 0.445 e. The van der Waals surface area contributed by atoms with Gasteiger partial charge in [-0.05, 0) is 19.4 Å². The number of aliphatic hydroxyl groups excluding tert-OH is 1. The molecule has 0 aliphatic heterocycles. The minimum absolute atomic E-state index is 0.0394. The molecule has 2 N–H and O–H groups in total. The molecule has 7 nitrogen and oxygen atoms in total. The molecule has 1 amide bonds. The molecule has 0 unspecified atom stereocenters. The molecule has 0 radical (unpaired) electrons. The average molecular weight is 345 g/mol. The topological polar surface area (TPSA) is 94.1 Å². The van der Waals surface area contributed by atoms with Gasteiger partial charge >= 0.3 is 13.7 Å².